The molecule has 0 fully saturated rings. The molecule has 0 saturated heterocycles. The highest BCUT2D eigenvalue weighted by Crippen LogP contribution is 2.17. The first kappa shape index (κ1) is 21.8. The average Bonchev–Trinajstić information content (AvgIpc) is 2.67. The van der Waals surface area contributed by atoms with Gasteiger partial charge in [0.05, 0.1) is 6.61 Å². The van der Waals surface area contributed by atoms with Crippen molar-refractivity contribution in [1.82, 2.24) is 0 Å². The van der Waals surface area contributed by atoms with Gasteiger partial charge in [-0.25, -0.2) is 0 Å². The highest BCUT2D eigenvalue weighted by atomic mass is 16.5. The molecule has 0 radical (unpaired) electrons. The molecule has 0 heterocycles. The van der Waals surface area contributed by atoms with Gasteiger partial charge in [0.15, 0.2) is 0 Å². The van der Waals surface area contributed by atoms with E-state index in [9.17, 15) is 5.11 Å². The van der Waals surface area contributed by atoms with Crippen LogP contribution >= 0.6 is 0 Å². The average molecular weight is 355 g/mol. The van der Waals surface area contributed by atoms with Crippen LogP contribution in [0.1, 0.15) is 63.1 Å². The lowest BCUT2D eigenvalue weighted by Crippen LogP contribution is -1.94. The summed E-state index contributed by atoms with van der Waals surface area (Å²) in [5.41, 5.74) is 3.64. The van der Waals surface area contributed by atoms with Gasteiger partial charge in [-0.3, -0.25) is 0 Å². The monoisotopic (exact) mass is 354 g/mol. The molecule has 2 aromatic carbocycles. The fourth-order valence-corrected chi connectivity index (χ4v) is 2.38. The van der Waals surface area contributed by atoms with Crippen LogP contribution in [0.3, 0.4) is 0 Å². The maximum Gasteiger partial charge on any atom is 0.119 e. The summed E-state index contributed by atoms with van der Waals surface area (Å²) >= 11 is 0. The lowest BCUT2D eigenvalue weighted by Gasteiger charge is -2.05. The summed E-state index contributed by atoms with van der Waals surface area (Å²) in [5, 5.41) is 9.74. The summed E-state index contributed by atoms with van der Waals surface area (Å²) < 4.78 is 5.47. The molecule has 2 heteroatoms. The van der Waals surface area contributed by atoms with Crippen molar-refractivity contribution in [3.63, 3.8) is 0 Å². The second-order valence-corrected chi connectivity index (χ2v) is 6.49. The molecule has 0 amide bonds. The molecular formula is C24H34O2. The fourth-order valence-electron chi connectivity index (χ4n) is 2.38. The molecule has 2 rings (SSSR count). The Morgan fingerprint density at radius 1 is 0.885 bits per heavy atom. The maximum atomic E-state index is 9.74. The molecule has 0 spiro atoms. The molecule has 0 aliphatic rings. The van der Waals surface area contributed by atoms with Crippen molar-refractivity contribution >= 4 is 5.76 Å². The van der Waals surface area contributed by atoms with E-state index in [1.165, 1.54) is 24.0 Å². The molecule has 26 heavy (non-hydrogen) atoms. The third kappa shape index (κ3) is 8.75. The Morgan fingerprint density at radius 2 is 1.54 bits per heavy atom. The maximum absolute atomic E-state index is 9.74. The molecule has 2 nitrogen and oxygen atoms in total. The normalized spacial score (nSPS) is 10.8. The Hall–Kier alpha value is -2.22. The van der Waals surface area contributed by atoms with Crippen molar-refractivity contribution in [3.05, 3.63) is 71.3 Å². The minimum atomic E-state index is 0.351. The summed E-state index contributed by atoms with van der Waals surface area (Å²) in [6.07, 6.45) is 7.25. The summed E-state index contributed by atoms with van der Waals surface area (Å²) in [6.45, 7) is 9.23. The minimum absolute atomic E-state index is 0.351. The SMILES string of the molecule is CCC/C=C(/O)c1ccc(OCCC)cc1.CCCc1ccc(C)cc1. The van der Waals surface area contributed by atoms with E-state index in [0.29, 0.717) is 5.76 Å². The Balaban J connectivity index is 0.000000289. The van der Waals surface area contributed by atoms with Gasteiger partial charge >= 0.3 is 0 Å². The standard InChI is InChI=1S/C14H20O2.C10H14/c1-3-5-6-14(15)12-7-9-13(10-8-12)16-11-4-2;1-3-4-10-7-5-9(2)6-8-10/h6-10,15H,3-5,11H2,1-2H3;5-8H,3-4H2,1-2H3/b14-6+;. The lowest BCUT2D eigenvalue weighted by atomic mass is 10.1. The van der Waals surface area contributed by atoms with E-state index in [0.717, 1.165) is 37.2 Å². The third-order valence-electron chi connectivity index (χ3n) is 3.91. The number of hydrogen-bond acceptors (Lipinski definition) is 2. The topological polar surface area (TPSA) is 29.5 Å². The van der Waals surface area contributed by atoms with E-state index in [2.05, 4.69) is 52.0 Å². The molecule has 2 aromatic rings. The zero-order chi connectivity index (χ0) is 19.2. The second kappa shape index (κ2) is 13.0. The van der Waals surface area contributed by atoms with Gasteiger partial charge in [0.25, 0.3) is 0 Å². The Bertz CT molecular complexity index is 624. The highest BCUT2D eigenvalue weighted by molar-refractivity contribution is 5.58. The predicted molar refractivity (Wildman–Crippen MR) is 113 cm³/mol. The number of rotatable bonds is 8. The van der Waals surface area contributed by atoms with Crippen molar-refractivity contribution in [2.75, 3.05) is 6.61 Å². The van der Waals surface area contributed by atoms with Crippen molar-refractivity contribution in [2.24, 2.45) is 0 Å². The fraction of sp³-hybridized carbons (Fsp3) is 0.417. The molecule has 142 valence electrons. The number of aliphatic hydroxyl groups is 1. The molecule has 0 bridgehead atoms. The number of allylic oxidation sites excluding steroid dienone is 1. The van der Waals surface area contributed by atoms with Gasteiger partial charge in [-0.2, -0.15) is 0 Å². The van der Waals surface area contributed by atoms with Crippen molar-refractivity contribution in [3.8, 4) is 5.75 Å². The first-order valence-electron chi connectivity index (χ1n) is 9.78. The molecular weight excluding hydrogens is 320 g/mol. The van der Waals surface area contributed by atoms with Crippen LogP contribution in [0.15, 0.2) is 54.6 Å². The first-order chi connectivity index (χ1) is 12.6. The van der Waals surface area contributed by atoms with Crippen molar-refractivity contribution < 1.29 is 9.84 Å². The molecule has 0 unspecified atom stereocenters. The van der Waals surface area contributed by atoms with Gasteiger partial charge < -0.3 is 9.84 Å². The highest BCUT2D eigenvalue weighted by Gasteiger charge is 1.99. The van der Waals surface area contributed by atoms with Crippen LogP contribution in [0.25, 0.3) is 5.76 Å². The molecule has 0 aromatic heterocycles. The van der Waals surface area contributed by atoms with Gasteiger partial charge in [-0.1, -0.05) is 63.4 Å². The summed E-state index contributed by atoms with van der Waals surface area (Å²) in [4.78, 5) is 0. The van der Waals surface area contributed by atoms with E-state index in [1.54, 1.807) is 0 Å². The Labute approximate surface area is 159 Å². The van der Waals surface area contributed by atoms with E-state index >= 15 is 0 Å². The van der Waals surface area contributed by atoms with Crippen molar-refractivity contribution in [2.45, 2.75) is 59.8 Å². The van der Waals surface area contributed by atoms with Crippen LogP contribution in [-0.4, -0.2) is 11.7 Å². The largest absolute Gasteiger partial charge is 0.508 e. The van der Waals surface area contributed by atoms with Crippen LogP contribution in [0.4, 0.5) is 0 Å². The zero-order valence-corrected chi connectivity index (χ0v) is 16.8. The van der Waals surface area contributed by atoms with Crippen LogP contribution in [0, 0.1) is 6.92 Å². The number of ether oxygens (including phenoxy) is 1. The van der Waals surface area contributed by atoms with Gasteiger partial charge in [-0.15, -0.1) is 0 Å². The second-order valence-electron chi connectivity index (χ2n) is 6.49. The number of benzene rings is 2. The van der Waals surface area contributed by atoms with Gasteiger partial charge in [-0.05, 0) is 62.1 Å². The summed E-state index contributed by atoms with van der Waals surface area (Å²) in [7, 11) is 0. The predicted octanol–water partition coefficient (Wildman–Crippen LogP) is 7.12. The van der Waals surface area contributed by atoms with Gasteiger partial charge in [0, 0.05) is 5.56 Å². The molecule has 1 N–H and O–H groups in total. The molecule has 0 aliphatic heterocycles. The quantitative estimate of drug-likeness (QED) is 0.511. The number of hydrogen-bond donors (Lipinski definition) is 1. The van der Waals surface area contributed by atoms with Crippen LogP contribution in [-0.2, 0) is 6.42 Å². The summed E-state index contributed by atoms with van der Waals surface area (Å²) in [5.74, 6) is 1.21. The number of unbranched alkanes of at least 4 members (excludes halogenated alkanes) is 1. The van der Waals surface area contributed by atoms with E-state index in [1.807, 2.05) is 30.3 Å². The molecule has 0 aliphatic carbocycles. The molecule has 0 saturated carbocycles. The minimum Gasteiger partial charge on any atom is -0.508 e. The van der Waals surface area contributed by atoms with Crippen molar-refractivity contribution in [1.29, 1.82) is 0 Å². The Morgan fingerprint density at radius 3 is 2.08 bits per heavy atom. The zero-order valence-electron chi connectivity index (χ0n) is 16.8. The smallest absolute Gasteiger partial charge is 0.119 e. The first-order valence-corrected chi connectivity index (χ1v) is 9.78. The lowest BCUT2D eigenvalue weighted by molar-refractivity contribution is 0.317. The Kier molecular flexibility index (Phi) is 10.9. The van der Waals surface area contributed by atoms with Gasteiger partial charge in [0.1, 0.15) is 11.5 Å². The number of aryl methyl sites for hydroxylation is 2. The van der Waals surface area contributed by atoms with Crippen LogP contribution in [0.5, 0.6) is 5.75 Å². The van der Waals surface area contributed by atoms with E-state index in [-0.39, 0.29) is 0 Å². The van der Waals surface area contributed by atoms with E-state index < -0.39 is 0 Å². The van der Waals surface area contributed by atoms with Crippen LogP contribution in [0.2, 0.25) is 0 Å². The molecule has 0 atom stereocenters. The summed E-state index contributed by atoms with van der Waals surface area (Å²) in [6, 6.07) is 16.3. The van der Waals surface area contributed by atoms with Gasteiger partial charge in [0.2, 0.25) is 0 Å². The van der Waals surface area contributed by atoms with Crippen LogP contribution < -0.4 is 4.74 Å². The number of aliphatic hydroxyl groups excluding tert-OH is 1. The third-order valence-corrected chi connectivity index (χ3v) is 3.91. The van der Waals surface area contributed by atoms with E-state index in [4.69, 9.17) is 4.74 Å².